The van der Waals surface area contributed by atoms with Gasteiger partial charge in [-0.05, 0) is 24.4 Å². The standard InChI is InChI=1S/C8H5N5O2S/c14-8-11-7(16)10-6-9-5(12-13(6)8)4-2-1-3-15-4/h1-3H,(H2,9,10,11,12,14,16). The second-order valence-electron chi connectivity index (χ2n) is 3.03. The quantitative estimate of drug-likeness (QED) is 0.607. The van der Waals surface area contributed by atoms with Gasteiger partial charge in [0.05, 0.1) is 6.26 Å². The highest BCUT2D eigenvalue weighted by molar-refractivity contribution is 7.71. The van der Waals surface area contributed by atoms with Crippen LogP contribution in [0.25, 0.3) is 17.4 Å². The predicted molar refractivity (Wildman–Crippen MR) is 56.5 cm³/mol. The van der Waals surface area contributed by atoms with Crippen LogP contribution >= 0.6 is 12.2 Å². The zero-order valence-electron chi connectivity index (χ0n) is 7.80. The molecule has 0 bridgehead atoms. The summed E-state index contributed by atoms with van der Waals surface area (Å²) in [5, 5.41) is 2.75. The van der Waals surface area contributed by atoms with E-state index in [9.17, 15) is 4.79 Å². The Morgan fingerprint density at radius 2 is 2.31 bits per heavy atom. The molecule has 16 heavy (non-hydrogen) atoms. The highest BCUT2D eigenvalue weighted by atomic mass is 32.1. The van der Waals surface area contributed by atoms with Crippen LogP contribution in [0.15, 0.2) is 27.6 Å². The molecule has 8 heteroatoms. The van der Waals surface area contributed by atoms with Gasteiger partial charge in [-0.25, -0.2) is 4.79 Å². The highest BCUT2D eigenvalue weighted by Gasteiger charge is 2.09. The summed E-state index contributed by atoms with van der Waals surface area (Å²) >= 11 is 4.78. The molecule has 80 valence electrons. The minimum absolute atomic E-state index is 0.0995. The van der Waals surface area contributed by atoms with Gasteiger partial charge < -0.3 is 4.42 Å². The second-order valence-corrected chi connectivity index (χ2v) is 3.42. The first-order valence-corrected chi connectivity index (χ1v) is 4.78. The maximum absolute atomic E-state index is 11.5. The molecule has 0 spiro atoms. The maximum atomic E-state index is 11.5. The van der Waals surface area contributed by atoms with Gasteiger partial charge in [0, 0.05) is 0 Å². The van der Waals surface area contributed by atoms with Crippen molar-refractivity contribution < 1.29 is 4.42 Å². The summed E-state index contributed by atoms with van der Waals surface area (Å²) in [6, 6.07) is 3.45. The lowest BCUT2D eigenvalue weighted by Crippen LogP contribution is -2.18. The predicted octanol–water partition coefficient (Wildman–Crippen LogP) is 0.735. The number of rotatable bonds is 1. The molecule has 0 aliphatic carbocycles. The summed E-state index contributed by atoms with van der Waals surface area (Å²) in [4.78, 5) is 21.9. The van der Waals surface area contributed by atoms with Crippen LogP contribution in [0.3, 0.4) is 0 Å². The smallest absolute Gasteiger partial charge is 0.349 e. The van der Waals surface area contributed by atoms with Crippen molar-refractivity contribution in [1.82, 2.24) is 24.6 Å². The highest BCUT2D eigenvalue weighted by Crippen LogP contribution is 2.14. The molecule has 0 radical (unpaired) electrons. The number of nitrogens with one attached hydrogen (secondary N) is 2. The van der Waals surface area contributed by atoms with Crippen LogP contribution in [0.1, 0.15) is 0 Å². The molecule has 0 atom stereocenters. The number of fused-ring (bicyclic) bond motifs is 1. The molecule has 0 aliphatic rings. The first-order valence-electron chi connectivity index (χ1n) is 4.37. The monoisotopic (exact) mass is 235 g/mol. The van der Waals surface area contributed by atoms with Crippen molar-refractivity contribution in [3.05, 3.63) is 33.7 Å². The number of hydrogen-bond donors (Lipinski definition) is 2. The van der Waals surface area contributed by atoms with E-state index in [1.54, 1.807) is 12.1 Å². The van der Waals surface area contributed by atoms with Crippen molar-refractivity contribution in [2.75, 3.05) is 0 Å². The normalized spacial score (nSPS) is 11.0. The molecular weight excluding hydrogens is 230 g/mol. The number of aromatic nitrogens is 5. The molecular formula is C8H5N5O2S. The van der Waals surface area contributed by atoms with E-state index in [2.05, 4.69) is 20.1 Å². The Morgan fingerprint density at radius 1 is 1.44 bits per heavy atom. The second kappa shape index (κ2) is 3.14. The van der Waals surface area contributed by atoms with Gasteiger partial charge >= 0.3 is 5.69 Å². The van der Waals surface area contributed by atoms with Crippen LogP contribution < -0.4 is 5.69 Å². The molecule has 3 rings (SSSR count). The molecule has 0 aromatic carbocycles. The molecule has 7 nitrogen and oxygen atoms in total. The van der Waals surface area contributed by atoms with E-state index in [0.29, 0.717) is 11.6 Å². The fourth-order valence-corrected chi connectivity index (χ4v) is 1.51. The van der Waals surface area contributed by atoms with Crippen LogP contribution in [0.2, 0.25) is 0 Å². The molecule has 3 aromatic heterocycles. The van der Waals surface area contributed by atoms with Gasteiger partial charge in [0.25, 0.3) is 5.78 Å². The number of H-pyrrole nitrogens is 2. The third-order valence-corrected chi connectivity index (χ3v) is 2.20. The molecule has 0 saturated carbocycles. The lowest BCUT2D eigenvalue weighted by molar-refractivity contribution is 0.577. The molecule has 0 amide bonds. The van der Waals surface area contributed by atoms with Crippen molar-refractivity contribution in [3.8, 4) is 11.6 Å². The Bertz CT molecular complexity index is 751. The zero-order chi connectivity index (χ0) is 11.1. The molecule has 0 unspecified atom stereocenters. The van der Waals surface area contributed by atoms with E-state index in [0.717, 1.165) is 4.52 Å². The van der Waals surface area contributed by atoms with E-state index in [-0.39, 0.29) is 10.5 Å². The van der Waals surface area contributed by atoms with E-state index >= 15 is 0 Å². The molecule has 0 aliphatic heterocycles. The van der Waals surface area contributed by atoms with Crippen molar-refractivity contribution in [1.29, 1.82) is 0 Å². The maximum Gasteiger partial charge on any atom is 0.349 e. The van der Waals surface area contributed by atoms with E-state index in [4.69, 9.17) is 16.6 Å². The van der Waals surface area contributed by atoms with Crippen LogP contribution in [-0.2, 0) is 0 Å². The SMILES string of the molecule is O=c1[nH]c(=S)nc2nc(-c3ccco3)[nH]n12. The van der Waals surface area contributed by atoms with E-state index in [1.807, 2.05) is 0 Å². The van der Waals surface area contributed by atoms with Crippen molar-refractivity contribution in [2.45, 2.75) is 0 Å². The van der Waals surface area contributed by atoms with Gasteiger partial charge in [0.15, 0.2) is 11.6 Å². The molecule has 3 heterocycles. The topological polar surface area (TPSA) is 92.0 Å². The van der Waals surface area contributed by atoms with Crippen LogP contribution in [0, 0.1) is 4.77 Å². The Morgan fingerprint density at radius 3 is 3.06 bits per heavy atom. The van der Waals surface area contributed by atoms with Gasteiger partial charge in [-0.1, -0.05) is 0 Å². The van der Waals surface area contributed by atoms with Crippen molar-refractivity contribution in [2.24, 2.45) is 0 Å². The summed E-state index contributed by atoms with van der Waals surface area (Å²) in [5.74, 6) is 1.15. The molecule has 2 N–H and O–H groups in total. The molecule has 0 fully saturated rings. The van der Waals surface area contributed by atoms with Crippen molar-refractivity contribution in [3.63, 3.8) is 0 Å². The Balaban J connectivity index is 2.36. The lowest BCUT2D eigenvalue weighted by atomic mass is 10.4. The van der Waals surface area contributed by atoms with E-state index < -0.39 is 5.69 Å². The number of nitrogens with zero attached hydrogens (tertiary/aromatic N) is 3. The third-order valence-electron chi connectivity index (χ3n) is 2.00. The Kier molecular flexibility index (Phi) is 1.77. The van der Waals surface area contributed by atoms with Crippen LogP contribution in [0.4, 0.5) is 0 Å². The van der Waals surface area contributed by atoms with Gasteiger partial charge in [-0.2, -0.15) is 14.5 Å². The van der Waals surface area contributed by atoms with Gasteiger partial charge in [0.1, 0.15) is 0 Å². The minimum Gasteiger partial charge on any atom is -0.461 e. The summed E-state index contributed by atoms with van der Waals surface area (Å²) in [5.41, 5.74) is -0.416. The number of aromatic amines is 2. The zero-order valence-corrected chi connectivity index (χ0v) is 8.61. The summed E-state index contributed by atoms with van der Waals surface area (Å²) < 4.78 is 6.41. The molecule has 0 saturated heterocycles. The summed E-state index contributed by atoms with van der Waals surface area (Å²) in [6.45, 7) is 0. The van der Waals surface area contributed by atoms with E-state index in [1.165, 1.54) is 6.26 Å². The lowest BCUT2D eigenvalue weighted by Gasteiger charge is -1.87. The van der Waals surface area contributed by atoms with Crippen LogP contribution in [-0.4, -0.2) is 24.6 Å². The Labute approximate surface area is 92.8 Å². The van der Waals surface area contributed by atoms with Gasteiger partial charge in [0.2, 0.25) is 4.77 Å². The number of hydrogen-bond acceptors (Lipinski definition) is 5. The van der Waals surface area contributed by atoms with Gasteiger partial charge in [-0.3, -0.25) is 10.1 Å². The minimum atomic E-state index is -0.416. The third kappa shape index (κ3) is 1.27. The fraction of sp³-hybridized carbons (Fsp3) is 0. The summed E-state index contributed by atoms with van der Waals surface area (Å²) in [7, 11) is 0. The van der Waals surface area contributed by atoms with Crippen molar-refractivity contribution >= 4 is 18.0 Å². The van der Waals surface area contributed by atoms with Gasteiger partial charge in [-0.15, -0.1) is 0 Å². The fourth-order valence-electron chi connectivity index (χ4n) is 1.34. The largest absolute Gasteiger partial charge is 0.461 e. The molecule has 3 aromatic rings. The summed E-state index contributed by atoms with van der Waals surface area (Å²) in [6.07, 6.45) is 1.52. The Hall–Kier alpha value is -2.22. The average molecular weight is 235 g/mol. The van der Waals surface area contributed by atoms with Crippen LogP contribution in [0.5, 0.6) is 0 Å². The number of furan rings is 1. The first-order chi connectivity index (χ1) is 7.74. The first kappa shape index (κ1) is 9.04. The average Bonchev–Trinajstić information content (AvgIpc) is 2.82.